The Hall–Kier alpha value is -0.590. The third-order valence-corrected chi connectivity index (χ3v) is 3.52. The summed E-state index contributed by atoms with van der Waals surface area (Å²) in [5, 5.41) is 12.2. The van der Waals surface area contributed by atoms with E-state index in [1.807, 2.05) is 0 Å². The molecule has 0 spiro atoms. The van der Waals surface area contributed by atoms with E-state index < -0.39 is 0 Å². The predicted molar refractivity (Wildman–Crippen MR) is 55.8 cm³/mol. The maximum absolute atomic E-state index is 8.77. The Balaban J connectivity index is 1.95. The third-order valence-electron chi connectivity index (χ3n) is 3.52. The van der Waals surface area contributed by atoms with Gasteiger partial charge in [-0.05, 0) is 12.8 Å². The second-order valence-electron chi connectivity index (χ2n) is 4.40. The second kappa shape index (κ2) is 4.77. The van der Waals surface area contributed by atoms with Gasteiger partial charge in [0.2, 0.25) is 0 Å². The van der Waals surface area contributed by atoms with Crippen molar-refractivity contribution < 1.29 is 0 Å². The van der Waals surface area contributed by atoms with Gasteiger partial charge < -0.3 is 5.32 Å². The summed E-state index contributed by atoms with van der Waals surface area (Å²) in [4.78, 5) is 2.58. The molecule has 0 aromatic carbocycles. The lowest BCUT2D eigenvalue weighted by molar-refractivity contribution is 0.110. The molecule has 3 heteroatoms. The van der Waals surface area contributed by atoms with Gasteiger partial charge in [0.25, 0.3) is 0 Å². The van der Waals surface area contributed by atoms with Crippen LogP contribution < -0.4 is 5.32 Å². The molecule has 0 radical (unpaired) electrons. The minimum Gasteiger partial charge on any atom is -0.314 e. The zero-order valence-electron chi connectivity index (χ0n) is 8.71. The molecule has 3 nitrogen and oxygen atoms in total. The Labute approximate surface area is 86.1 Å². The zero-order valence-corrected chi connectivity index (χ0v) is 8.71. The third kappa shape index (κ3) is 2.08. The molecule has 1 heterocycles. The van der Waals surface area contributed by atoms with Crippen LogP contribution in [0.15, 0.2) is 0 Å². The van der Waals surface area contributed by atoms with Crippen molar-refractivity contribution in [3.05, 3.63) is 0 Å². The highest BCUT2D eigenvalue weighted by atomic mass is 15.2. The van der Waals surface area contributed by atoms with Crippen molar-refractivity contribution in [2.45, 2.75) is 44.2 Å². The van der Waals surface area contributed by atoms with Crippen LogP contribution in [0.5, 0.6) is 0 Å². The lowest BCUT2D eigenvalue weighted by Crippen LogP contribution is -2.54. The average Bonchev–Trinajstić information content (AvgIpc) is 2.72. The number of rotatable bonds is 2. The monoisotopic (exact) mass is 193 g/mol. The first-order chi connectivity index (χ1) is 6.92. The van der Waals surface area contributed by atoms with Crippen molar-refractivity contribution in [1.29, 1.82) is 5.26 Å². The van der Waals surface area contributed by atoms with Crippen LogP contribution in [0.3, 0.4) is 0 Å². The van der Waals surface area contributed by atoms with Crippen molar-refractivity contribution in [2.75, 3.05) is 19.6 Å². The van der Waals surface area contributed by atoms with Crippen molar-refractivity contribution in [2.24, 2.45) is 0 Å². The normalized spacial score (nSPS) is 30.4. The molecule has 1 N–H and O–H groups in total. The van der Waals surface area contributed by atoms with Crippen molar-refractivity contribution in [1.82, 2.24) is 10.2 Å². The minimum atomic E-state index is 0.469. The number of hydrogen-bond acceptors (Lipinski definition) is 3. The van der Waals surface area contributed by atoms with E-state index in [0.717, 1.165) is 25.7 Å². The summed E-state index contributed by atoms with van der Waals surface area (Å²) in [6.07, 6.45) is 6.15. The Morgan fingerprint density at radius 3 is 2.86 bits per heavy atom. The summed E-state index contributed by atoms with van der Waals surface area (Å²) < 4.78 is 0. The number of piperazine rings is 1. The van der Waals surface area contributed by atoms with E-state index in [4.69, 9.17) is 5.26 Å². The summed E-state index contributed by atoms with van der Waals surface area (Å²) in [5.74, 6) is 0. The SMILES string of the molecule is N#CCC1CNCCN1C1CCCC1. The molecule has 1 saturated carbocycles. The van der Waals surface area contributed by atoms with Crippen molar-refractivity contribution in [3.8, 4) is 6.07 Å². The maximum Gasteiger partial charge on any atom is 0.0638 e. The molecule has 0 aromatic heterocycles. The van der Waals surface area contributed by atoms with Crippen LogP contribution in [0.2, 0.25) is 0 Å². The van der Waals surface area contributed by atoms with E-state index in [9.17, 15) is 0 Å². The lowest BCUT2D eigenvalue weighted by atomic mass is 10.1. The summed E-state index contributed by atoms with van der Waals surface area (Å²) in [5.41, 5.74) is 0. The van der Waals surface area contributed by atoms with Crippen molar-refractivity contribution in [3.63, 3.8) is 0 Å². The summed E-state index contributed by atoms with van der Waals surface area (Å²) in [6.45, 7) is 3.24. The zero-order chi connectivity index (χ0) is 9.80. The van der Waals surface area contributed by atoms with Crippen LogP contribution in [-0.2, 0) is 0 Å². The van der Waals surface area contributed by atoms with Gasteiger partial charge in [0.05, 0.1) is 12.5 Å². The van der Waals surface area contributed by atoms with E-state index in [2.05, 4.69) is 16.3 Å². The molecule has 0 aromatic rings. The molecule has 1 unspecified atom stereocenters. The van der Waals surface area contributed by atoms with Crippen LogP contribution in [0.1, 0.15) is 32.1 Å². The van der Waals surface area contributed by atoms with Gasteiger partial charge in [-0.25, -0.2) is 0 Å². The molecule has 78 valence electrons. The van der Waals surface area contributed by atoms with Gasteiger partial charge in [-0.2, -0.15) is 5.26 Å². The molecule has 1 saturated heterocycles. The van der Waals surface area contributed by atoms with Gasteiger partial charge >= 0.3 is 0 Å². The van der Waals surface area contributed by atoms with Gasteiger partial charge in [-0.1, -0.05) is 12.8 Å². The topological polar surface area (TPSA) is 39.1 Å². The lowest BCUT2D eigenvalue weighted by Gasteiger charge is -2.39. The van der Waals surface area contributed by atoms with Gasteiger partial charge in [-0.3, -0.25) is 4.90 Å². The molecular formula is C11H19N3. The molecule has 1 aliphatic heterocycles. The number of nitriles is 1. The van der Waals surface area contributed by atoms with E-state index in [0.29, 0.717) is 12.5 Å². The van der Waals surface area contributed by atoms with Gasteiger partial charge in [0, 0.05) is 31.7 Å². The smallest absolute Gasteiger partial charge is 0.0638 e. The number of hydrogen-bond donors (Lipinski definition) is 1. The molecule has 2 rings (SSSR count). The van der Waals surface area contributed by atoms with Gasteiger partial charge in [0.1, 0.15) is 0 Å². The van der Waals surface area contributed by atoms with Gasteiger partial charge in [0.15, 0.2) is 0 Å². The highest BCUT2D eigenvalue weighted by Gasteiger charge is 2.30. The fourth-order valence-electron chi connectivity index (χ4n) is 2.79. The summed E-state index contributed by atoms with van der Waals surface area (Å²) in [7, 11) is 0. The highest BCUT2D eigenvalue weighted by molar-refractivity contribution is 4.91. The first kappa shape index (κ1) is 9.95. The number of nitrogens with one attached hydrogen (secondary N) is 1. The minimum absolute atomic E-state index is 0.469. The molecular weight excluding hydrogens is 174 g/mol. The van der Waals surface area contributed by atoms with Crippen LogP contribution >= 0.6 is 0 Å². The molecule has 1 atom stereocenters. The largest absolute Gasteiger partial charge is 0.314 e. The van der Waals surface area contributed by atoms with Gasteiger partial charge in [-0.15, -0.1) is 0 Å². The predicted octanol–water partition coefficient (Wildman–Crippen LogP) is 1.12. The first-order valence-corrected chi connectivity index (χ1v) is 5.75. The van der Waals surface area contributed by atoms with E-state index >= 15 is 0 Å². The van der Waals surface area contributed by atoms with E-state index in [1.165, 1.54) is 25.7 Å². The van der Waals surface area contributed by atoms with Crippen molar-refractivity contribution >= 4 is 0 Å². The van der Waals surface area contributed by atoms with Crippen LogP contribution in [0.25, 0.3) is 0 Å². The average molecular weight is 193 g/mol. The second-order valence-corrected chi connectivity index (χ2v) is 4.40. The molecule has 14 heavy (non-hydrogen) atoms. The Morgan fingerprint density at radius 1 is 1.36 bits per heavy atom. The molecule has 0 amide bonds. The fourth-order valence-corrected chi connectivity index (χ4v) is 2.79. The van der Waals surface area contributed by atoms with E-state index in [-0.39, 0.29) is 0 Å². The van der Waals surface area contributed by atoms with Crippen LogP contribution in [0.4, 0.5) is 0 Å². The standard InChI is InChI=1S/C11H19N3/c12-6-5-11-9-13-7-8-14(11)10-3-1-2-4-10/h10-11,13H,1-5,7-9H2. The van der Waals surface area contributed by atoms with Crippen LogP contribution in [0, 0.1) is 11.3 Å². The quantitative estimate of drug-likeness (QED) is 0.714. The van der Waals surface area contributed by atoms with E-state index in [1.54, 1.807) is 0 Å². The molecule has 0 bridgehead atoms. The Kier molecular flexibility index (Phi) is 3.39. The number of nitrogens with zero attached hydrogens (tertiary/aromatic N) is 2. The van der Waals surface area contributed by atoms with Crippen LogP contribution in [-0.4, -0.2) is 36.6 Å². The fraction of sp³-hybridized carbons (Fsp3) is 0.909. The summed E-state index contributed by atoms with van der Waals surface area (Å²) in [6, 6.07) is 3.55. The molecule has 1 aliphatic carbocycles. The Bertz CT molecular complexity index is 215. The highest BCUT2D eigenvalue weighted by Crippen LogP contribution is 2.26. The first-order valence-electron chi connectivity index (χ1n) is 5.75. The summed E-state index contributed by atoms with van der Waals surface area (Å²) >= 11 is 0. The Morgan fingerprint density at radius 2 is 2.14 bits per heavy atom. The molecule has 2 fully saturated rings. The molecule has 2 aliphatic rings. The maximum atomic E-state index is 8.77.